The van der Waals surface area contributed by atoms with Crippen molar-refractivity contribution in [1.29, 1.82) is 0 Å². The van der Waals surface area contributed by atoms with Crippen LogP contribution in [0.3, 0.4) is 0 Å². The summed E-state index contributed by atoms with van der Waals surface area (Å²) in [5.74, 6) is 1.39. The largest absolute Gasteiger partial charge is 0.507 e. The molecule has 0 unspecified atom stereocenters. The van der Waals surface area contributed by atoms with Gasteiger partial charge in [-0.1, -0.05) is 19.9 Å². The summed E-state index contributed by atoms with van der Waals surface area (Å²) in [4.78, 5) is 7.79. The lowest BCUT2D eigenvalue weighted by Gasteiger charge is -2.02. The van der Waals surface area contributed by atoms with Crippen LogP contribution in [0.25, 0.3) is 11.4 Å². The quantitative estimate of drug-likeness (QED) is 0.829. The predicted molar refractivity (Wildman–Crippen MR) is 69.3 cm³/mol. The van der Waals surface area contributed by atoms with Gasteiger partial charge in [0, 0.05) is 5.69 Å². The Morgan fingerprint density at radius 2 is 1.94 bits per heavy atom. The molecular formula is C14H18N2O. The fraction of sp³-hybridized carbons (Fsp3) is 0.357. The lowest BCUT2D eigenvalue weighted by Crippen LogP contribution is -1.90. The summed E-state index contributed by atoms with van der Waals surface area (Å²) in [7, 11) is 0. The summed E-state index contributed by atoms with van der Waals surface area (Å²) in [5, 5.41) is 9.92. The van der Waals surface area contributed by atoms with Crippen LogP contribution in [0.5, 0.6) is 5.75 Å². The van der Waals surface area contributed by atoms with Crippen LogP contribution in [-0.4, -0.2) is 15.1 Å². The average molecular weight is 230 g/mol. The molecule has 0 saturated carbocycles. The Kier molecular flexibility index (Phi) is 2.92. The first-order valence-electron chi connectivity index (χ1n) is 5.85. The van der Waals surface area contributed by atoms with Crippen molar-refractivity contribution in [3.05, 3.63) is 35.2 Å². The van der Waals surface area contributed by atoms with Gasteiger partial charge in [0.15, 0.2) is 0 Å². The first-order valence-corrected chi connectivity index (χ1v) is 5.85. The molecule has 3 heteroatoms. The third-order valence-electron chi connectivity index (χ3n) is 2.88. The van der Waals surface area contributed by atoms with Crippen LogP contribution in [0, 0.1) is 13.8 Å². The molecule has 0 radical (unpaired) electrons. The van der Waals surface area contributed by atoms with Gasteiger partial charge in [0.1, 0.15) is 11.6 Å². The number of rotatable bonds is 2. The first kappa shape index (κ1) is 11.7. The number of nitrogens with zero attached hydrogens (tertiary/aromatic N) is 1. The van der Waals surface area contributed by atoms with Gasteiger partial charge in [0.25, 0.3) is 0 Å². The zero-order valence-electron chi connectivity index (χ0n) is 10.7. The minimum atomic E-state index is 0.272. The number of aryl methyl sites for hydroxylation is 2. The highest BCUT2D eigenvalue weighted by Gasteiger charge is 2.13. The molecule has 0 aliphatic rings. The van der Waals surface area contributed by atoms with Gasteiger partial charge in [-0.05, 0) is 37.5 Å². The summed E-state index contributed by atoms with van der Waals surface area (Å²) >= 11 is 0. The van der Waals surface area contributed by atoms with Crippen molar-refractivity contribution in [3.63, 3.8) is 0 Å². The normalized spacial score (nSPS) is 11.1. The van der Waals surface area contributed by atoms with Crippen molar-refractivity contribution < 1.29 is 5.11 Å². The number of benzene rings is 1. The van der Waals surface area contributed by atoms with E-state index in [0.717, 1.165) is 28.3 Å². The number of phenolic OH excluding ortho intramolecular Hbond substituents is 1. The first-order chi connectivity index (χ1) is 7.99. The molecule has 0 fully saturated rings. The number of aromatic nitrogens is 2. The van der Waals surface area contributed by atoms with Crippen LogP contribution in [0.1, 0.15) is 36.7 Å². The molecule has 0 aliphatic carbocycles. The zero-order valence-corrected chi connectivity index (χ0v) is 10.7. The van der Waals surface area contributed by atoms with Crippen molar-refractivity contribution in [1.82, 2.24) is 9.97 Å². The summed E-state index contributed by atoms with van der Waals surface area (Å²) < 4.78 is 0. The standard InChI is InChI=1S/C14H18N2O/c1-8(2)13-10(4)15-14(16-13)11-6-5-9(3)7-12(11)17/h5-8,17H,1-4H3,(H,15,16). The molecular weight excluding hydrogens is 212 g/mol. The molecule has 17 heavy (non-hydrogen) atoms. The Bertz CT molecular complexity index is 541. The van der Waals surface area contributed by atoms with E-state index in [0.29, 0.717) is 5.92 Å². The number of hydrogen-bond donors (Lipinski definition) is 2. The molecule has 0 bridgehead atoms. The monoisotopic (exact) mass is 230 g/mol. The van der Waals surface area contributed by atoms with Gasteiger partial charge in [-0.25, -0.2) is 4.98 Å². The van der Waals surface area contributed by atoms with E-state index >= 15 is 0 Å². The van der Waals surface area contributed by atoms with Crippen molar-refractivity contribution in [2.75, 3.05) is 0 Å². The topological polar surface area (TPSA) is 48.9 Å². The van der Waals surface area contributed by atoms with Gasteiger partial charge >= 0.3 is 0 Å². The molecule has 90 valence electrons. The number of phenols is 1. The van der Waals surface area contributed by atoms with Crippen LogP contribution < -0.4 is 0 Å². The predicted octanol–water partition coefficient (Wildman–Crippen LogP) is 3.52. The highest BCUT2D eigenvalue weighted by atomic mass is 16.3. The molecule has 3 nitrogen and oxygen atoms in total. The summed E-state index contributed by atoms with van der Waals surface area (Å²) in [5.41, 5.74) is 3.92. The summed E-state index contributed by atoms with van der Waals surface area (Å²) in [6.07, 6.45) is 0. The van der Waals surface area contributed by atoms with Crippen LogP contribution >= 0.6 is 0 Å². The number of nitrogens with one attached hydrogen (secondary N) is 1. The second kappa shape index (κ2) is 4.24. The highest BCUT2D eigenvalue weighted by Crippen LogP contribution is 2.29. The molecule has 2 aromatic rings. The lowest BCUT2D eigenvalue weighted by molar-refractivity contribution is 0.476. The third kappa shape index (κ3) is 2.18. The maximum Gasteiger partial charge on any atom is 0.141 e. The van der Waals surface area contributed by atoms with E-state index in [1.165, 1.54) is 0 Å². The van der Waals surface area contributed by atoms with E-state index in [1.54, 1.807) is 6.07 Å². The summed E-state index contributed by atoms with van der Waals surface area (Å²) in [6, 6.07) is 5.62. The number of hydrogen-bond acceptors (Lipinski definition) is 2. The molecule has 1 heterocycles. The van der Waals surface area contributed by atoms with E-state index in [-0.39, 0.29) is 5.75 Å². The smallest absolute Gasteiger partial charge is 0.141 e. The molecule has 0 aliphatic heterocycles. The fourth-order valence-corrected chi connectivity index (χ4v) is 2.01. The van der Waals surface area contributed by atoms with Gasteiger partial charge in [0.05, 0.1) is 11.3 Å². The number of H-pyrrole nitrogens is 1. The Morgan fingerprint density at radius 3 is 2.47 bits per heavy atom. The maximum atomic E-state index is 9.92. The minimum absolute atomic E-state index is 0.272. The van der Waals surface area contributed by atoms with Gasteiger partial charge < -0.3 is 10.1 Å². The van der Waals surface area contributed by atoms with E-state index in [1.807, 2.05) is 26.0 Å². The van der Waals surface area contributed by atoms with E-state index < -0.39 is 0 Å². The van der Waals surface area contributed by atoms with Crippen LogP contribution in [0.15, 0.2) is 18.2 Å². The zero-order chi connectivity index (χ0) is 12.6. The molecule has 0 saturated heterocycles. The van der Waals surface area contributed by atoms with E-state index in [4.69, 9.17) is 0 Å². The molecule has 0 amide bonds. The Labute approximate surface area is 102 Å². The Morgan fingerprint density at radius 1 is 1.24 bits per heavy atom. The van der Waals surface area contributed by atoms with Crippen LogP contribution in [-0.2, 0) is 0 Å². The van der Waals surface area contributed by atoms with E-state index in [9.17, 15) is 5.11 Å². The Balaban J connectivity index is 2.50. The van der Waals surface area contributed by atoms with Crippen molar-refractivity contribution in [3.8, 4) is 17.1 Å². The second-order valence-electron chi connectivity index (χ2n) is 4.77. The molecule has 0 spiro atoms. The van der Waals surface area contributed by atoms with Crippen LogP contribution in [0.2, 0.25) is 0 Å². The molecule has 1 aromatic carbocycles. The van der Waals surface area contributed by atoms with Crippen molar-refractivity contribution in [2.24, 2.45) is 0 Å². The fourth-order valence-electron chi connectivity index (χ4n) is 2.01. The molecule has 1 aromatic heterocycles. The summed E-state index contributed by atoms with van der Waals surface area (Å²) in [6.45, 7) is 8.19. The lowest BCUT2D eigenvalue weighted by atomic mass is 10.1. The SMILES string of the molecule is Cc1ccc(-c2nc(C(C)C)c(C)[nH]2)c(O)c1. The van der Waals surface area contributed by atoms with Crippen molar-refractivity contribution >= 4 is 0 Å². The average Bonchev–Trinajstić information content (AvgIpc) is 2.60. The molecule has 2 rings (SSSR count). The van der Waals surface area contributed by atoms with Gasteiger partial charge in [0.2, 0.25) is 0 Å². The molecule has 0 atom stereocenters. The minimum Gasteiger partial charge on any atom is -0.507 e. The molecule has 2 N–H and O–H groups in total. The van der Waals surface area contributed by atoms with Crippen molar-refractivity contribution in [2.45, 2.75) is 33.6 Å². The van der Waals surface area contributed by atoms with E-state index in [2.05, 4.69) is 23.8 Å². The van der Waals surface area contributed by atoms with Gasteiger partial charge in [-0.2, -0.15) is 0 Å². The maximum absolute atomic E-state index is 9.92. The highest BCUT2D eigenvalue weighted by molar-refractivity contribution is 5.65. The van der Waals surface area contributed by atoms with Crippen LogP contribution in [0.4, 0.5) is 0 Å². The Hall–Kier alpha value is -1.77. The van der Waals surface area contributed by atoms with Gasteiger partial charge in [-0.3, -0.25) is 0 Å². The number of aromatic hydroxyl groups is 1. The second-order valence-corrected chi connectivity index (χ2v) is 4.77. The number of imidazole rings is 1. The number of aromatic amines is 1. The third-order valence-corrected chi connectivity index (χ3v) is 2.88. The van der Waals surface area contributed by atoms with Gasteiger partial charge in [-0.15, -0.1) is 0 Å².